The Bertz CT molecular complexity index is 1120. The Labute approximate surface area is 202 Å². The number of phenolic OH excluding ortho intramolecular Hbond substituents is 1. The summed E-state index contributed by atoms with van der Waals surface area (Å²) >= 11 is 0. The van der Waals surface area contributed by atoms with Crippen molar-refractivity contribution in [1.82, 2.24) is 15.5 Å². The first-order valence-electron chi connectivity index (χ1n) is 11.7. The molecule has 8 heteroatoms. The van der Waals surface area contributed by atoms with E-state index in [1.54, 1.807) is 30.5 Å². The van der Waals surface area contributed by atoms with Crippen molar-refractivity contribution in [2.75, 3.05) is 13.7 Å². The maximum atomic E-state index is 10.8. The maximum absolute atomic E-state index is 10.8. The summed E-state index contributed by atoms with van der Waals surface area (Å²) in [6.07, 6.45) is 6.93. The van der Waals surface area contributed by atoms with Crippen molar-refractivity contribution in [3.8, 4) is 11.5 Å². The van der Waals surface area contributed by atoms with Crippen molar-refractivity contribution in [3.63, 3.8) is 0 Å². The maximum Gasteiger partial charge on any atom is 0.204 e. The lowest BCUT2D eigenvalue weighted by Gasteiger charge is -2.49. The number of nitrogens with zero attached hydrogens (tertiary/aromatic N) is 1. The van der Waals surface area contributed by atoms with Crippen LogP contribution in [-0.2, 0) is 4.74 Å². The van der Waals surface area contributed by atoms with Crippen molar-refractivity contribution in [1.29, 1.82) is 5.41 Å². The van der Waals surface area contributed by atoms with E-state index >= 15 is 0 Å². The number of phenols is 1. The molecule has 8 nitrogen and oxygen atoms in total. The summed E-state index contributed by atoms with van der Waals surface area (Å²) in [7, 11) is 1.95. The molecule has 2 aliphatic rings. The number of allylic oxidation sites excluding steroid dienone is 1. The molecule has 1 aromatic carbocycles. The number of nitrogens with two attached hydrogens (primary N) is 1. The summed E-state index contributed by atoms with van der Waals surface area (Å²) in [5, 5.41) is 27.2. The Kier molecular flexibility index (Phi) is 7.21. The van der Waals surface area contributed by atoms with Gasteiger partial charge in [0.1, 0.15) is 23.1 Å². The highest BCUT2D eigenvalue weighted by Gasteiger charge is 2.39. The second-order valence-electron chi connectivity index (χ2n) is 10.4. The lowest BCUT2D eigenvalue weighted by Crippen LogP contribution is -2.62. The van der Waals surface area contributed by atoms with Gasteiger partial charge in [-0.25, -0.2) is 0 Å². The third kappa shape index (κ3) is 5.86. The van der Waals surface area contributed by atoms with Crippen LogP contribution in [0.25, 0.3) is 11.6 Å². The first-order valence-corrected chi connectivity index (χ1v) is 11.7. The number of nitrogens with one attached hydrogen (secondary N) is 3. The molecule has 6 N–H and O–H groups in total. The molecule has 2 aliphatic heterocycles. The van der Waals surface area contributed by atoms with Crippen molar-refractivity contribution >= 4 is 17.4 Å². The van der Waals surface area contributed by atoms with Gasteiger partial charge < -0.3 is 35.8 Å². The monoisotopic (exact) mass is 469 g/mol. The van der Waals surface area contributed by atoms with E-state index in [0.29, 0.717) is 40.2 Å². The average molecular weight is 470 g/mol. The zero-order valence-corrected chi connectivity index (χ0v) is 21.4. The van der Waals surface area contributed by atoms with Crippen molar-refractivity contribution in [2.24, 2.45) is 5.73 Å². The number of hydrogen-bond acceptors (Lipinski definition) is 7. The van der Waals surface area contributed by atoms with Crippen LogP contribution >= 0.6 is 0 Å². The first kappa shape index (κ1) is 25.5. The lowest BCUT2D eigenvalue weighted by atomic mass is 9.79. The molecule has 1 fully saturated rings. The third-order valence-corrected chi connectivity index (χ3v) is 6.12. The Morgan fingerprint density at radius 3 is 2.47 bits per heavy atom. The van der Waals surface area contributed by atoms with E-state index in [1.165, 1.54) is 0 Å². The predicted octanol–water partition coefficient (Wildman–Crippen LogP) is 2.18. The third-order valence-electron chi connectivity index (χ3n) is 6.12. The summed E-state index contributed by atoms with van der Waals surface area (Å²) < 4.78 is 11.4. The first-order chi connectivity index (χ1) is 15.8. The van der Waals surface area contributed by atoms with Crippen molar-refractivity contribution in [2.45, 2.75) is 71.5 Å². The standard InChI is InChI=1S/C26H39N5O3/c1-8-33-21-12-17(24-29-15-16(2)34-24)11-20(32)23(21)19(27)9-10-22(28)31(7)18-13-25(3,4)30-26(5,6)14-18/h9-12,15,18,28-30,32H,8,13-14,27H2,1-7H3. The van der Waals surface area contributed by atoms with E-state index in [1.807, 2.05) is 25.8 Å². The Morgan fingerprint density at radius 2 is 1.91 bits per heavy atom. The average Bonchev–Trinajstić information content (AvgIpc) is 3.15. The number of likely N-dealkylation sites (N-methyl/N-ethyl adjacent to an activating group) is 1. The van der Waals surface area contributed by atoms with Gasteiger partial charge in [-0.2, -0.15) is 0 Å². The molecule has 1 saturated heterocycles. The second kappa shape index (κ2) is 9.62. The summed E-state index contributed by atoms with van der Waals surface area (Å²) in [5.74, 6) is 2.03. The van der Waals surface area contributed by atoms with Gasteiger partial charge in [-0.3, -0.25) is 5.41 Å². The number of aromatic hydroxyl groups is 1. The topological polar surface area (TPSA) is 116 Å². The number of piperidine rings is 1. The number of hydrogen-bond donors (Lipinski definition) is 5. The molecule has 3 rings (SSSR count). The van der Waals surface area contributed by atoms with E-state index in [2.05, 4.69) is 38.3 Å². The normalized spacial score (nSPS) is 22.0. The van der Waals surface area contributed by atoms with Gasteiger partial charge in [0, 0.05) is 41.3 Å². The molecule has 34 heavy (non-hydrogen) atoms. The highest BCUT2D eigenvalue weighted by Crippen LogP contribution is 2.31. The highest BCUT2D eigenvalue weighted by molar-refractivity contribution is 5.92. The van der Waals surface area contributed by atoms with Crippen LogP contribution in [0.3, 0.4) is 0 Å². The molecule has 0 radical (unpaired) electrons. The van der Waals surface area contributed by atoms with Gasteiger partial charge in [0.15, 0.2) is 0 Å². The van der Waals surface area contributed by atoms with Crippen LogP contribution < -0.4 is 31.5 Å². The van der Waals surface area contributed by atoms with E-state index in [-0.39, 0.29) is 22.9 Å². The van der Waals surface area contributed by atoms with Crippen LogP contribution in [0.5, 0.6) is 11.5 Å². The smallest absolute Gasteiger partial charge is 0.204 e. The van der Waals surface area contributed by atoms with E-state index in [9.17, 15) is 5.11 Å². The molecule has 1 aromatic rings. The van der Waals surface area contributed by atoms with Crippen LogP contribution in [0.15, 0.2) is 36.2 Å². The minimum Gasteiger partial charge on any atom is -0.507 e. The van der Waals surface area contributed by atoms with E-state index < -0.39 is 0 Å². The molecule has 2 heterocycles. The van der Waals surface area contributed by atoms with Gasteiger partial charge in [-0.1, -0.05) is 0 Å². The fourth-order valence-electron chi connectivity index (χ4n) is 4.93. The Balaban J connectivity index is 1.90. The molecular weight excluding hydrogens is 430 g/mol. The lowest BCUT2D eigenvalue weighted by molar-refractivity contribution is 0.114. The zero-order chi connectivity index (χ0) is 25.3. The summed E-state index contributed by atoms with van der Waals surface area (Å²) in [5.41, 5.74) is 6.65. The Hall–Kier alpha value is -3.13. The summed E-state index contributed by atoms with van der Waals surface area (Å²) in [6, 6.07) is 3.60. The van der Waals surface area contributed by atoms with Crippen LogP contribution in [0, 0.1) is 5.41 Å². The Morgan fingerprint density at radius 1 is 1.26 bits per heavy atom. The number of amidine groups is 1. The van der Waals surface area contributed by atoms with Gasteiger partial charge >= 0.3 is 0 Å². The molecule has 0 amide bonds. The molecule has 0 unspecified atom stereocenters. The second-order valence-corrected chi connectivity index (χ2v) is 10.4. The van der Waals surface area contributed by atoms with Gasteiger partial charge in [0.05, 0.1) is 11.8 Å². The molecule has 0 atom stereocenters. The van der Waals surface area contributed by atoms with Gasteiger partial charge in [-0.15, -0.1) is 0 Å². The minimum absolute atomic E-state index is 0.0142. The van der Waals surface area contributed by atoms with Gasteiger partial charge in [0.2, 0.25) is 5.88 Å². The van der Waals surface area contributed by atoms with Crippen LogP contribution in [0.2, 0.25) is 0 Å². The molecule has 0 saturated carbocycles. The molecular formula is C26H39N5O3. The predicted molar refractivity (Wildman–Crippen MR) is 136 cm³/mol. The number of ether oxygens (including phenoxy) is 2. The SMILES string of the molecule is CCOc1cc(=C2NC=C(C)O2)cc(O)c1=C(N)C=CC(=N)N(C)C1CC(C)(C)NC(C)(C)C1. The molecule has 186 valence electrons. The number of rotatable bonds is 5. The van der Waals surface area contributed by atoms with Crippen LogP contribution in [-0.4, -0.2) is 46.6 Å². The zero-order valence-electron chi connectivity index (χ0n) is 21.4. The van der Waals surface area contributed by atoms with E-state index in [4.69, 9.17) is 20.6 Å². The van der Waals surface area contributed by atoms with Crippen LogP contribution in [0.4, 0.5) is 0 Å². The fourth-order valence-corrected chi connectivity index (χ4v) is 4.93. The van der Waals surface area contributed by atoms with Crippen molar-refractivity contribution < 1.29 is 14.6 Å². The van der Waals surface area contributed by atoms with Gasteiger partial charge in [0.25, 0.3) is 0 Å². The largest absolute Gasteiger partial charge is 0.507 e. The number of benzene rings is 1. The summed E-state index contributed by atoms with van der Waals surface area (Å²) in [4.78, 5) is 2.00. The minimum atomic E-state index is -0.0210. The molecule has 0 aliphatic carbocycles. The van der Waals surface area contributed by atoms with Crippen molar-refractivity contribution in [3.05, 3.63) is 46.7 Å². The summed E-state index contributed by atoms with van der Waals surface area (Å²) in [6.45, 7) is 12.9. The van der Waals surface area contributed by atoms with Crippen LogP contribution in [0.1, 0.15) is 54.4 Å². The highest BCUT2D eigenvalue weighted by atomic mass is 16.5. The quantitative estimate of drug-likeness (QED) is 0.332. The van der Waals surface area contributed by atoms with Gasteiger partial charge in [-0.05, 0) is 78.7 Å². The fraction of sp³-hybridized carbons (Fsp3) is 0.500. The molecule has 0 bridgehead atoms. The van der Waals surface area contributed by atoms with E-state index in [0.717, 1.165) is 18.6 Å². The molecule has 0 aromatic heterocycles. The molecule has 0 spiro atoms.